The number of rotatable bonds is 0. The summed E-state index contributed by atoms with van der Waals surface area (Å²) in [6, 6.07) is 0. The molecule has 0 saturated heterocycles. The van der Waals surface area contributed by atoms with Crippen LogP contribution in [0.3, 0.4) is 0 Å². The van der Waals surface area contributed by atoms with Crippen molar-refractivity contribution in [3.8, 4) is 0 Å². The summed E-state index contributed by atoms with van der Waals surface area (Å²) in [5.41, 5.74) is 0. The van der Waals surface area contributed by atoms with Crippen LogP contribution in [0.25, 0.3) is 0 Å². The molecule has 0 aliphatic rings. The molecule has 0 bridgehead atoms. The fraction of sp³-hybridized carbons (Fsp3) is 0. The molecule has 3 nitrogen and oxygen atoms in total. The molecule has 6 heteroatoms. The minimum absolute atomic E-state index is 0. The molecule has 1 radical (unpaired) electrons. The summed E-state index contributed by atoms with van der Waals surface area (Å²) in [7, 11) is 0. The average molecular weight is 341 g/mol. The van der Waals surface area contributed by atoms with Crippen molar-refractivity contribution >= 4 is 11.4 Å². The Hall–Kier alpha value is 1.33. The topological polar surface area (TPSA) is 63.2 Å². The van der Waals surface area contributed by atoms with Gasteiger partial charge in [0, 0.05) is 0 Å². The van der Waals surface area contributed by atoms with Crippen LogP contribution in [0.1, 0.15) is 0 Å². The fourth-order valence-electron chi connectivity index (χ4n) is 0. The second kappa shape index (κ2) is 9.59. The van der Waals surface area contributed by atoms with E-state index in [0.717, 1.165) is 0 Å². The molecule has 0 N–H and O–H groups in total. The van der Waals surface area contributed by atoms with E-state index < -0.39 is 11.4 Å². The molecule has 0 aromatic carbocycles. The maximum Gasteiger partial charge on any atom is 3.00 e. The van der Waals surface area contributed by atoms with Crippen LogP contribution < -0.4 is 0 Å². The minimum atomic E-state index is -3.11. The van der Waals surface area contributed by atoms with Gasteiger partial charge in [-0.15, -0.1) is 11.4 Å². The van der Waals surface area contributed by atoms with Crippen molar-refractivity contribution in [2.24, 2.45) is 0 Å². The molecule has 0 atom stereocenters. The molecule has 43 valence electrons. The summed E-state index contributed by atoms with van der Waals surface area (Å²) >= 11 is -3.11. The van der Waals surface area contributed by atoms with E-state index in [2.05, 4.69) is 0 Å². The van der Waals surface area contributed by atoms with Crippen molar-refractivity contribution in [1.29, 1.82) is 0 Å². The van der Waals surface area contributed by atoms with Gasteiger partial charge in [0.05, 0.1) is 0 Å². The van der Waals surface area contributed by atoms with Crippen LogP contribution >= 0.6 is 0 Å². The van der Waals surface area contributed by atoms with Crippen molar-refractivity contribution in [1.82, 2.24) is 0 Å². The van der Waals surface area contributed by atoms with Crippen LogP contribution in [-0.2, 0) is 50.8 Å². The third kappa shape index (κ3) is 56.5. The maximum atomic E-state index is 8.44. The Morgan fingerprint density at radius 2 is 1.33 bits per heavy atom. The second-order valence-corrected chi connectivity index (χ2v) is 0.612. The molecular formula is AuCuO3S+3. The normalized spacial score (nSPS) is 5.83. The van der Waals surface area contributed by atoms with Crippen molar-refractivity contribution in [2.75, 3.05) is 0 Å². The first-order valence-corrected chi connectivity index (χ1v) is 1.50. The van der Waals surface area contributed by atoms with Gasteiger partial charge >= 0.3 is 39.4 Å². The van der Waals surface area contributed by atoms with E-state index >= 15 is 0 Å². The first-order valence-electron chi connectivity index (χ1n) is 0.500. The van der Waals surface area contributed by atoms with Gasteiger partial charge in [0.15, 0.2) is 0 Å². The summed E-state index contributed by atoms with van der Waals surface area (Å²) in [6.45, 7) is 0. The summed E-state index contributed by atoms with van der Waals surface area (Å²) < 4.78 is 25.3. The molecule has 0 aliphatic heterocycles. The predicted octanol–water partition coefficient (Wildman–Crippen LogP) is -1.01. The molecule has 0 aromatic rings. The molecule has 6 heavy (non-hydrogen) atoms. The molecule has 0 spiro atoms. The van der Waals surface area contributed by atoms with Crippen LogP contribution in [0.5, 0.6) is 0 Å². The summed E-state index contributed by atoms with van der Waals surface area (Å²) in [6.07, 6.45) is 0. The van der Waals surface area contributed by atoms with E-state index in [0.29, 0.717) is 0 Å². The smallest absolute Gasteiger partial charge is 0.784 e. The van der Waals surface area contributed by atoms with Gasteiger partial charge in [0.1, 0.15) is 0 Å². The van der Waals surface area contributed by atoms with Crippen LogP contribution in [0.2, 0.25) is 0 Å². The largest absolute Gasteiger partial charge is 3.00 e. The molecule has 0 aliphatic carbocycles. The van der Waals surface area contributed by atoms with E-state index in [1.54, 1.807) is 0 Å². The Morgan fingerprint density at radius 3 is 1.33 bits per heavy atom. The zero-order chi connectivity index (χ0) is 3.58. The van der Waals surface area contributed by atoms with Crippen molar-refractivity contribution < 1.29 is 52.8 Å². The van der Waals surface area contributed by atoms with E-state index in [9.17, 15) is 0 Å². The van der Waals surface area contributed by atoms with Gasteiger partial charge in [-0.25, -0.2) is 0 Å². The zero-order valence-electron chi connectivity index (χ0n) is 2.24. The molecule has 0 rings (SSSR count). The van der Waals surface area contributed by atoms with Gasteiger partial charge in [0.25, 0.3) is 0 Å². The number of hydrogen-bond donors (Lipinski definition) is 0. The minimum Gasteiger partial charge on any atom is -0.784 e. The Bertz CT molecular complexity index is 33.8. The van der Waals surface area contributed by atoms with Crippen LogP contribution in [-0.4, -0.2) is 13.3 Å². The molecule has 0 fully saturated rings. The molecular weight excluding hydrogens is 341 g/mol. The predicted molar refractivity (Wildman–Crippen MR) is 9.70 cm³/mol. The molecule has 0 amide bonds. The quantitative estimate of drug-likeness (QED) is 0.419. The van der Waals surface area contributed by atoms with Gasteiger partial charge in [-0.05, 0) is 0 Å². The van der Waals surface area contributed by atoms with Gasteiger partial charge < -0.3 is 9.11 Å². The van der Waals surface area contributed by atoms with E-state index in [-0.39, 0.29) is 39.4 Å². The number of hydrogen-bond acceptors (Lipinski definition) is 3. The van der Waals surface area contributed by atoms with Crippen LogP contribution in [0, 0.1) is 0 Å². The van der Waals surface area contributed by atoms with Gasteiger partial charge in [-0.1, -0.05) is 0 Å². The van der Waals surface area contributed by atoms with Crippen molar-refractivity contribution in [3.05, 3.63) is 0 Å². The van der Waals surface area contributed by atoms with Gasteiger partial charge in [-0.3, -0.25) is 4.21 Å². The Morgan fingerprint density at radius 1 is 1.33 bits per heavy atom. The van der Waals surface area contributed by atoms with E-state index in [4.69, 9.17) is 13.3 Å². The van der Waals surface area contributed by atoms with Crippen molar-refractivity contribution in [2.45, 2.75) is 0 Å². The standard InChI is InChI=1S/Au.Cu.H2O3S/c;;1-4(2)3/h;;(H2,1,2,3)/q+3;+2;/p-2. The van der Waals surface area contributed by atoms with E-state index in [1.165, 1.54) is 0 Å². The van der Waals surface area contributed by atoms with Crippen molar-refractivity contribution in [3.63, 3.8) is 0 Å². The summed E-state index contributed by atoms with van der Waals surface area (Å²) in [4.78, 5) is 0. The molecule has 0 saturated carbocycles. The summed E-state index contributed by atoms with van der Waals surface area (Å²) in [5, 5.41) is 0. The van der Waals surface area contributed by atoms with Gasteiger partial charge in [-0.2, -0.15) is 0 Å². The van der Waals surface area contributed by atoms with Gasteiger partial charge in [0.2, 0.25) is 0 Å². The molecule has 0 unspecified atom stereocenters. The molecule has 0 heterocycles. The zero-order valence-corrected chi connectivity index (χ0v) is 6.16. The Balaban J connectivity index is -0.0000000450. The Kier molecular flexibility index (Phi) is 25.0. The first-order chi connectivity index (χ1) is 1.73. The van der Waals surface area contributed by atoms with Crippen LogP contribution in [0.4, 0.5) is 0 Å². The second-order valence-electron chi connectivity index (χ2n) is 0.204. The monoisotopic (exact) mass is 340 g/mol. The molecule has 0 aromatic heterocycles. The summed E-state index contributed by atoms with van der Waals surface area (Å²) in [5.74, 6) is 0. The van der Waals surface area contributed by atoms with Crippen LogP contribution in [0.15, 0.2) is 0 Å². The van der Waals surface area contributed by atoms with E-state index in [1.807, 2.05) is 0 Å². The fourth-order valence-corrected chi connectivity index (χ4v) is 0. The third-order valence-corrected chi connectivity index (χ3v) is 0. The SMILES string of the molecule is O=S([O-])[O-].[Au+3].[Cu+2]. The Labute approximate surface area is 64.0 Å². The average Bonchev–Trinajstić information content (AvgIpc) is 0.811. The third-order valence-electron chi connectivity index (χ3n) is 0. The maximum absolute atomic E-state index is 8.44. The first kappa shape index (κ1) is 15.7.